The van der Waals surface area contributed by atoms with Crippen LogP contribution in [0.2, 0.25) is 0 Å². The molecule has 0 N–H and O–H groups in total. The van der Waals surface area contributed by atoms with Crippen molar-refractivity contribution in [2.75, 3.05) is 50.7 Å². The second-order valence-corrected chi connectivity index (χ2v) is 7.18. The zero-order valence-corrected chi connectivity index (χ0v) is 14.0. The third-order valence-corrected chi connectivity index (χ3v) is 5.58. The Hall–Kier alpha value is -1.40. The summed E-state index contributed by atoms with van der Waals surface area (Å²) in [6.45, 7) is 10.8. The molecule has 3 aliphatic rings. The van der Waals surface area contributed by atoms with Crippen molar-refractivity contribution in [3.63, 3.8) is 0 Å². The highest BCUT2D eigenvalue weighted by Crippen LogP contribution is 2.30. The van der Waals surface area contributed by atoms with E-state index in [4.69, 9.17) is 0 Å². The zero-order chi connectivity index (χ0) is 15.8. The second kappa shape index (κ2) is 6.24. The van der Waals surface area contributed by atoms with Gasteiger partial charge in [0.1, 0.15) is 0 Å². The van der Waals surface area contributed by atoms with Gasteiger partial charge in [0.25, 0.3) is 5.56 Å². The standard InChI is InChI=1S/C17H27N5O/c1-2-19-7-9-20(10-8-19)15-12-22(13-15)16-17(23)21(6-5-18-16)11-14-3-4-14/h5-6,14-15H,2-4,7-13H2,1H3. The van der Waals surface area contributed by atoms with Gasteiger partial charge in [-0.1, -0.05) is 6.92 Å². The first-order valence-corrected chi connectivity index (χ1v) is 9.01. The summed E-state index contributed by atoms with van der Waals surface area (Å²) in [6, 6.07) is 0.590. The van der Waals surface area contributed by atoms with Gasteiger partial charge in [-0.25, -0.2) is 4.98 Å². The molecule has 3 heterocycles. The molecule has 0 amide bonds. The van der Waals surface area contributed by atoms with E-state index in [0.717, 1.165) is 39.3 Å². The molecule has 1 aromatic heterocycles. The van der Waals surface area contributed by atoms with Crippen LogP contribution >= 0.6 is 0 Å². The van der Waals surface area contributed by atoms with Crippen LogP contribution in [0, 0.1) is 5.92 Å². The molecule has 0 radical (unpaired) electrons. The van der Waals surface area contributed by atoms with Gasteiger partial charge >= 0.3 is 0 Å². The van der Waals surface area contributed by atoms with Gasteiger partial charge in [-0.2, -0.15) is 0 Å². The van der Waals surface area contributed by atoms with Gasteiger partial charge in [0.2, 0.25) is 0 Å². The fourth-order valence-corrected chi connectivity index (χ4v) is 3.68. The quantitative estimate of drug-likeness (QED) is 0.790. The number of rotatable bonds is 5. The Bertz CT molecular complexity index is 597. The first-order chi connectivity index (χ1) is 11.2. The van der Waals surface area contributed by atoms with E-state index in [9.17, 15) is 4.79 Å². The Morgan fingerprint density at radius 1 is 1.17 bits per heavy atom. The maximum atomic E-state index is 12.6. The normalized spacial score (nSPS) is 24.0. The molecule has 3 fully saturated rings. The van der Waals surface area contributed by atoms with Crippen molar-refractivity contribution < 1.29 is 0 Å². The van der Waals surface area contributed by atoms with Crippen molar-refractivity contribution in [1.82, 2.24) is 19.4 Å². The minimum Gasteiger partial charge on any atom is -0.349 e. The van der Waals surface area contributed by atoms with Gasteiger partial charge in [-0.05, 0) is 25.3 Å². The lowest BCUT2D eigenvalue weighted by Crippen LogP contribution is -2.64. The van der Waals surface area contributed by atoms with Crippen LogP contribution in [-0.2, 0) is 6.54 Å². The van der Waals surface area contributed by atoms with Crippen LogP contribution in [0.5, 0.6) is 0 Å². The van der Waals surface area contributed by atoms with E-state index in [1.165, 1.54) is 25.9 Å². The Balaban J connectivity index is 1.35. The topological polar surface area (TPSA) is 44.6 Å². The van der Waals surface area contributed by atoms with E-state index in [0.29, 0.717) is 17.8 Å². The summed E-state index contributed by atoms with van der Waals surface area (Å²) in [5.41, 5.74) is 0.0913. The van der Waals surface area contributed by atoms with E-state index in [1.807, 2.05) is 10.8 Å². The molecule has 0 aromatic carbocycles. The van der Waals surface area contributed by atoms with Crippen LogP contribution in [-0.4, -0.2) is 71.2 Å². The molecule has 1 aromatic rings. The molecule has 1 saturated carbocycles. The van der Waals surface area contributed by atoms with Gasteiger partial charge in [0.05, 0.1) is 0 Å². The molecule has 0 unspecified atom stereocenters. The van der Waals surface area contributed by atoms with Crippen molar-refractivity contribution >= 4 is 5.82 Å². The van der Waals surface area contributed by atoms with Crippen LogP contribution in [0.1, 0.15) is 19.8 Å². The summed E-state index contributed by atoms with van der Waals surface area (Å²) in [7, 11) is 0. The highest BCUT2D eigenvalue weighted by molar-refractivity contribution is 5.40. The molecule has 0 spiro atoms. The SMILES string of the molecule is CCN1CCN(C2CN(c3nccn(CC4CC4)c3=O)C2)CC1. The number of piperazine rings is 1. The Morgan fingerprint density at radius 3 is 2.57 bits per heavy atom. The van der Waals surface area contributed by atoms with E-state index in [-0.39, 0.29) is 5.56 Å². The third-order valence-electron chi connectivity index (χ3n) is 5.58. The van der Waals surface area contributed by atoms with E-state index in [2.05, 4.69) is 26.6 Å². The van der Waals surface area contributed by atoms with Crippen LogP contribution in [0.25, 0.3) is 0 Å². The molecule has 1 aliphatic carbocycles. The van der Waals surface area contributed by atoms with Crippen LogP contribution in [0.4, 0.5) is 5.82 Å². The highest BCUT2D eigenvalue weighted by atomic mass is 16.1. The molecule has 23 heavy (non-hydrogen) atoms. The van der Waals surface area contributed by atoms with Gasteiger partial charge in [0, 0.05) is 64.2 Å². The highest BCUT2D eigenvalue weighted by Gasteiger charge is 2.35. The van der Waals surface area contributed by atoms with E-state index >= 15 is 0 Å². The number of aromatic nitrogens is 2. The van der Waals surface area contributed by atoms with Crippen LogP contribution in [0.3, 0.4) is 0 Å². The average molecular weight is 317 g/mol. The number of nitrogens with zero attached hydrogens (tertiary/aromatic N) is 5. The smallest absolute Gasteiger partial charge is 0.293 e. The summed E-state index contributed by atoms with van der Waals surface area (Å²) in [5, 5.41) is 0. The molecule has 6 heteroatoms. The van der Waals surface area contributed by atoms with Crippen molar-refractivity contribution in [1.29, 1.82) is 0 Å². The van der Waals surface area contributed by atoms with Crippen molar-refractivity contribution in [3.8, 4) is 0 Å². The lowest BCUT2D eigenvalue weighted by molar-refractivity contribution is 0.0858. The molecule has 126 valence electrons. The second-order valence-electron chi connectivity index (χ2n) is 7.18. The van der Waals surface area contributed by atoms with Gasteiger partial charge in [-0.3, -0.25) is 9.69 Å². The molecule has 4 rings (SSSR count). The lowest BCUT2D eigenvalue weighted by Gasteiger charge is -2.48. The number of hydrogen-bond acceptors (Lipinski definition) is 5. The first kappa shape index (κ1) is 15.1. The van der Waals surface area contributed by atoms with Gasteiger partial charge in [0.15, 0.2) is 5.82 Å². The Kier molecular flexibility index (Phi) is 4.11. The van der Waals surface area contributed by atoms with Gasteiger partial charge < -0.3 is 14.4 Å². The molecule has 0 bridgehead atoms. The predicted molar refractivity (Wildman–Crippen MR) is 90.9 cm³/mol. The number of hydrogen-bond donors (Lipinski definition) is 0. The molecule has 0 atom stereocenters. The van der Waals surface area contributed by atoms with Crippen molar-refractivity contribution in [3.05, 3.63) is 22.7 Å². The summed E-state index contributed by atoms with van der Waals surface area (Å²) < 4.78 is 1.85. The Labute approximate surface area is 137 Å². The van der Waals surface area contributed by atoms with Crippen molar-refractivity contribution in [2.45, 2.75) is 32.4 Å². The zero-order valence-electron chi connectivity index (χ0n) is 14.0. The van der Waals surface area contributed by atoms with Gasteiger partial charge in [-0.15, -0.1) is 0 Å². The summed E-state index contributed by atoms with van der Waals surface area (Å²) in [5.74, 6) is 1.36. The number of anilines is 1. The molecule has 6 nitrogen and oxygen atoms in total. The minimum absolute atomic E-state index is 0.0913. The van der Waals surface area contributed by atoms with Crippen molar-refractivity contribution in [2.24, 2.45) is 5.92 Å². The largest absolute Gasteiger partial charge is 0.349 e. The maximum absolute atomic E-state index is 12.6. The lowest BCUT2D eigenvalue weighted by atomic mass is 10.1. The fraction of sp³-hybridized carbons (Fsp3) is 0.765. The number of likely N-dealkylation sites (N-methyl/N-ethyl adjacent to an activating group) is 1. The molecule has 2 aliphatic heterocycles. The van der Waals surface area contributed by atoms with E-state index in [1.54, 1.807) is 6.20 Å². The van der Waals surface area contributed by atoms with Crippen LogP contribution in [0.15, 0.2) is 17.2 Å². The maximum Gasteiger partial charge on any atom is 0.293 e. The minimum atomic E-state index is 0.0913. The summed E-state index contributed by atoms with van der Waals surface area (Å²) in [4.78, 5) is 24.2. The fourth-order valence-electron chi connectivity index (χ4n) is 3.68. The predicted octanol–water partition coefficient (Wildman–Crippen LogP) is 0.479. The molecule has 2 saturated heterocycles. The molecular formula is C17H27N5O. The average Bonchev–Trinajstić information content (AvgIpc) is 3.34. The third kappa shape index (κ3) is 3.15. The van der Waals surface area contributed by atoms with E-state index < -0.39 is 0 Å². The summed E-state index contributed by atoms with van der Waals surface area (Å²) >= 11 is 0. The first-order valence-electron chi connectivity index (χ1n) is 9.01. The molecular weight excluding hydrogens is 290 g/mol. The monoisotopic (exact) mass is 317 g/mol. The van der Waals surface area contributed by atoms with Crippen LogP contribution < -0.4 is 10.5 Å². The Morgan fingerprint density at radius 2 is 1.91 bits per heavy atom. The summed E-state index contributed by atoms with van der Waals surface area (Å²) in [6.07, 6.45) is 6.15.